The van der Waals surface area contributed by atoms with Gasteiger partial charge in [-0.25, -0.2) is 14.4 Å². The molecule has 7 nitrogen and oxygen atoms in total. The number of aryl methyl sites for hydroxylation is 1. The lowest BCUT2D eigenvalue weighted by Crippen LogP contribution is -2.49. The zero-order valence-electron chi connectivity index (χ0n) is 17.8. The first-order valence-electron chi connectivity index (χ1n) is 10.9. The van der Waals surface area contributed by atoms with Crippen LogP contribution in [0.3, 0.4) is 0 Å². The van der Waals surface area contributed by atoms with E-state index in [2.05, 4.69) is 20.2 Å². The molecule has 2 aliphatic rings. The van der Waals surface area contributed by atoms with Gasteiger partial charge in [-0.15, -0.1) is 0 Å². The van der Waals surface area contributed by atoms with Crippen LogP contribution in [0.15, 0.2) is 30.5 Å². The van der Waals surface area contributed by atoms with Crippen molar-refractivity contribution in [1.29, 1.82) is 0 Å². The third-order valence-electron chi connectivity index (χ3n) is 6.03. The molecule has 0 aliphatic carbocycles. The van der Waals surface area contributed by atoms with E-state index in [-0.39, 0.29) is 30.2 Å². The molecule has 2 saturated heterocycles. The largest absolute Gasteiger partial charge is 0.348 e. The maximum absolute atomic E-state index is 13.1. The summed E-state index contributed by atoms with van der Waals surface area (Å²) in [5.41, 5.74) is 1.92. The number of halogens is 1. The maximum atomic E-state index is 13.1. The van der Waals surface area contributed by atoms with Crippen molar-refractivity contribution >= 4 is 11.8 Å². The molecule has 4 rings (SSSR count). The third kappa shape index (κ3) is 5.07. The fourth-order valence-electron chi connectivity index (χ4n) is 4.13. The van der Waals surface area contributed by atoms with Gasteiger partial charge in [-0.3, -0.25) is 14.5 Å². The minimum Gasteiger partial charge on any atom is -0.348 e. The zero-order valence-corrected chi connectivity index (χ0v) is 17.8. The van der Waals surface area contributed by atoms with Gasteiger partial charge in [0.05, 0.1) is 23.8 Å². The minimum absolute atomic E-state index is 0.0905. The summed E-state index contributed by atoms with van der Waals surface area (Å²) in [5.74, 6) is 0.171. The number of hydrogen-bond donors (Lipinski definition) is 1. The van der Waals surface area contributed by atoms with Gasteiger partial charge in [-0.1, -0.05) is 18.6 Å². The number of likely N-dealkylation sites (tertiary alicyclic amines) is 2. The number of hydrogen-bond acceptors (Lipinski definition) is 5. The maximum Gasteiger partial charge on any atom is 0.255 e. The summed E-state index contributed by atoms with van der Waals surface area (Å²) < 4.78 is 13.1. The van der Waals surface area contributed by atoms with Crippen molar-refractivity contribution in [2.45, 2.75) is 45.2 Å². The van der Waals surface area contributed by atoms with Crippen molar-refractivity contribution in [3.63, 3.8) is 0 Å². The van der Waals surface area contributed by atoms with Gasteiger partial charge >= 0.3 is 0 Å². The van der Waals surface area contributed by atoms with Gasteiger partial charge in [0, 0.05) is 25.8 Å². The molecule has 31 heavy (non-hydrogen) atoms. The van der Waals surface area contributed by atoms with Gasteiger partial charge in [-0.2, -0.15) is 0 Å². The molecule has 0 spiro atoms. The number of benzene rings is 1. The lowest BCUT2D eigenvalue weighted by Gasteiger charge is -2.38. The van der Waals surface area contributed by atoms with Crippen LogP contribution in [-0.4, -0.2) is 57.8 Å². The molecule has 164 valence electrons. The average molecular weight is 426 g/mol. The minimum atomic E-state index is -0.311. The number of carbonyl (C=O) groups excluding carboxylic acids is 2. The smallest absolute Gasteiger partial charge is 0.255 e. The quantitative estimate of drug-likeness (QED) is 0.770. The van der Waals surface area contributed by atoms with Crippen molar-refractivity contribution in [2.24, 2.45) is 0 Å². The van der Waals surface area contributed by atoms with Gasteiger partial charge < -0.3 is 10.2 Å². The Morgan fingerprint density at radius 2 is 1.90 bits per heavy atom. The molecule has 0 unspecified atom stereocenters. The van der Waals surface area contributed by atoms with Gasteiger partial charge in [0.1, 0.15) is 11.6 Å². The zero-order chi connectivity index (χ0) is 21.8. The molecule has 0 bridgehead atoms. The van der Waals surface area contributed by atoms with Gasteiger partial charge in [0.25, 0.3) is 5.91 Å². The first-order chi connectivity index (χ1) is 15.0. The van der Waals surface area contributed by atoms with E-state index < -0.39 is 0 Å². The first kappa shape index (κ1) is 21.4. The highest BCUT2D eigenvalue weighted by atomic mass is 19.1. The van der Waals surface area contributed by atoms with E-state index in [4.69, 9.17) is 0 Å². The van der Waals surface area contributed by atoms with Crippen molar-refractivity contribution < 1.29 is 14.0 Å². The Labute approximate surface area is 181 Å². The second-order valence-corrected chi connectivity index (χ2v) is 8.24. The van der Waals surface area contributed by atoms with Crippen molar-refractivity contribution in [1.82, 2.24) is 25.1 Å². The van der Waals surface area contributed by atoms with Gasteiger partial charge in [-0.05, 0) is 50.4 Å². The number of aromatic nitrogens is 2. The summed E-state index contributed by atoms with van der Waals surface area (Å²) in [4.78, 5) is 38.5. The number of piperidine rings is 1. The predicted octanol–water partition coefficient (Wildman–Crippen LogP) is 2.61. The molecule has 1 N–H and O–H groups in total. The van der Waals surface area contributed by atoms with Crippen LogP contribution in [0.5, 0.6) is 0 Å². The molecule has 3 heterocycles. The van der Waals surface area contributed by atoms with E-state index in [1.165, 1.54) is 12.1 Å². The highest BCUT2D eigenvalue weighted by Crippen LogP contribution is 2.32. The lowest BCUT2D eigenvalue weighted by atomic mass is 9.96. The van der Waals surface area contributed by atoms with Crippen LogP contribution < -0.4 is 5.32 Å². The Morgan fingerprint density at radius 3 is 2.61 bits per heavy atom. The molecule has 0 radical (unpaired) electrons. The molecular formula is C23H28FN5O2. The predicted molar refractivity (Wildman–Crippen MR) is 114 cm³/mol. The second-order valence-electron chi connectivity index (χ2n) is 8.24. The number of amides is 2. The SMILES string of the molecule is Cc1ncc(C(=O)NCc2ccc(F)cc2)c([C@H]2CCCCN2CC(=O)N2CCC2)n1. The highest BCUT2D eigenvalue weighted by molar-refractivity contribution is 5.95. The Morgan fingerprint density at radius 1 is 1.13 bits per heavy atom. The molecule has 1 aromatic carbocycles. The first-order valence-corrected chi connectivity index (χ1v) is 10.9. The molecule has 2 fully saturated rings. The molecular weight excluding hydrogens is 397 g/mol. The Hall–Kier alpha value is -2.87. The van der Waals surface area contributed by atoms with Gasteiger partial charge in [0.15, 0.2) is 0 Å². The summed E-state index contributed by atoms with van der Waals surface area (Å²) in [6.45, 7) is 4.92. The third-order valence-corrected chi connectivity index (χ3v) is 6.03. The fraction of sp³-hybridized carbons (Fsp3) is 0.478. The van der Waals surface area contributed by atoms with Crippen molar-refractivity contribution in [3.05, 3.63) is 58.9 Å². The number of nitrogens with one attached hydrogen (secondary N) is 1. The van der Waals surface area contributed by atoms with Crippen molar-refractivity contribution in [3.8, 4) is 0 Å². The second kappa shape index (κ2) is 9.51. The lowest BCUT2D eigenvalue weighted by molar-refractivity contribution is -0.136. The van der Waals surface area contributed by atoms with E-state index >= 15 is 0 Å². The van der Waals surface area contributed by atoms with Crippen LogP contribution >= 0.6 is 0 Å². The van der Waals surface area contributed by atoms with Crippen molar-refractivity contribution in [2.75, 3.05) is 26.2 Å². The molecule has 1 atom stereocenters. The standard InChI is InChI=1S/C23H28FN5O2/c1-16-25-14-19(23(31)26-13-17-6-8-18(24)9-7-17)22(27-16)20-5-2-3-10-29(20)15-21(30)28-11-4-12-28/h6-9,14,20H,2-5,10-13,15H2,1H3,(H,26,31)/t20-/m1/s1. The van der Waals surface area contributed by atoms with Crippen LogP contribution in [0.1, 0.15) is 59.2 Å². The molecule has 2 amide bonds. The van der Waals surface area contributed by atoms with Crippen LogP contribution in [0.4, 0.5) is 4.39 Å². The van der Waals surface area contributed by atoms with E-state index in [1.807, 2.05) is 11.8 Å². The van der Waals surface area contributed by atoms with Crippen LogP contribution in [0.2, 0.25) is 0 Å². The molecule has 8 heteroatoms. The normalized spacial score (nSPS) is 19.0. The van der Waals surface area contributed by atoms with E-state index in [1.54, 1.807) is 18.3 Å². The topological polar surface area (TPSA) is 78.4 Å². The van der Waals surface area contributed by atoms with Crippen LogP contribution in [-0.2, 0) is 11.3 Å². The number of nitrogens with zero attached hydrogens (tertiary/aromatic N) is 4. The van der Waals surface area contributed by atoms with E-state index in [0.717, 1.165) is 50.9 Å². The van der Waals surface area contributed by atoms with E-state index in [0.29, 0.717) is 23.6 Å². The summed E-state index contributed by atoms with van der Waals surface area (Å²) in [5, 5.41) is 2.89. The van der Waals surface area contributed by atoms with E-state index in [9.17, 15) is 14.0 Å². The fourth-order valence-corrected chi connectivity index (χ4v) is 4.13. The molecule has 1 aromatic heterocycles. The summed E-state index contributed by atoms with van der Waals surface area (Å²) in [6.07, 6.45) is 5.54. The summed E-state index contributed by atoms with van der Waals surface area (Å²) in [6, 6.07) is 5.94. The monoisotopic (exact) mass is 425 g/mol. The highest BCUT2D eigenvalue weighted by Gasteiger charge is 2.32. The average Bonchev–Trinajstić information content (AvgIpc) is 2.72. The van der Waals surface area contributed by atoms with Crippen LogP contribution in [0, 0.1) is 12.7 Å². The molecule has 2 aromatic rings. The summed E-state index contributed by atoms with van der Waals surface area (Å²) in [7, 11) is 0. The summed E-state index contributed by atoms with van der Waals surface area (Å²) >= 11 is 0. The Balaban J connectivity index is 1.52. The number of rotatable bonds is 6. The molecule has 0 saturated carbocycles. The molecule has 2 aliphatic heterocycles. The van der Waals surface area contributed by atoms with Gasteiger partial charge in [0.2, 0.25) is 5.91 Å². The number of carbonyl (C=O) groups is 2. The van der Waals surface area contributed by atoms with Crippen LogP contribution in [0.25, 0.3) is 0 Å². The Kier molecular flexibility index (Phi) is 6.56. The Bertz CT molecular complexity index is 945.